The highest BCUT2D eigenvalue weighted by molar-refractivity contribution is 5.23. The van der Waals surface area contributed by atoms with Gasteiger partial charge < -0.3 is 5.32 Å². The van der Waals surface area contributed by atoms with Crippen molar-refractivity contribution >= 4 is 0 Å². The van der Waals surface area contributed by atoms with Crippen LogP contribution >= 0.6 is 0 Å². The van der Waals surface area contributed by atoms with E-state index in [9.17, 15) is 22.0 Å². The molecular formula is C12H14F5N. The van der Waals surface area contributed by atoms with Crippen molar-refractivity contribution in [3.63, 3.8) is 0 Å². The Morgan fingerprint density at radius 3 is 1.72 bits per heavy atom. The molecule has 0 atom stereocenters. The molecule has 0 aromatic heterocycles. The molecule has 0 amide bonds. The van der Waals surface area contributed by atoms with Gasteiger partial charge in [0.2, 0.25) is 5.82 Å². The lowest BCUT2D eigenvalue weighted by atomic mass is 10.1. The van der Waals surface area contributed by atoms with Crippen LogP contribution in [0.15, 0.2) is 0 Å². The highest BCUT2D eigenvalue weighted by atomic mass is 19.2. The van der Waals surface area contributed by atoms with E-state index in [-0.39, 0.29) is 0 Å². The van der Waals surface area contributed by atoms with Gasteiger partial charge in [-0.05, 0) is 18.9 Å². The predicted octanol–water partition coefficient (Wildman–Crippen LogP) is 3.52. The lowest BCUT2D eigenvalue weighted by Crippen LogP contribution is -2.20. The molecule has 18 heavy (non-hydrogen) atoms. The van der Waals surface area contributed by atoms with Crippen LogP contribution in [0.3, 0.4) is 0 Å². The minimum absolute atomic E-state index is 0.383. The highest BCUT2D eigenvalue weighted by Crippen LogP contribution is 2.22. The lowest BCUT2D eigenvalue weighted by molar-refractivity contribution is 0.366. The van der Waals surface area contributed by atoms with E-state index in [0.29, 0.717) is 12.5 Å². The standard InChI is InChI=1S/C12H14F5N/c1-6(2)3-4-18-5-7-8(13)10(15)12(17)11(16)9(7)14/h6,18H,3-5H2,1-2H3. The first-order valence-corrected chi connectivity index (χ1v) is 5.57. The number of hydrogen-bond acceptors (Lipinski definition) is 1. The molecule has 0 saturated carbocycles. The van der Waals surface area contributed by atoms with Crippen LogP contribution in [-0.2, 0) is 6.54 Å². The molecular weight excluding hydrogens is 253 g/mol. The van der Waals surface area contributed by atoms with E-state index in [0.717, 1.165) is 6.42 Å². The summed E-state index contributed by atoms with van der Waals surface area (Å²) in [4.78, 5) is 0. The molecule has 1 N–H and O–H groups in total. The average molecular weight is 267 g/mol. The monoisotopic (exact) mass is 267 g/mol. The minimum Gasteiger partial charge on any atom is -0.312 e. The van der Waals surface area contributed by atoms with Gasteiger partial charge in [0.15, 0.2) is 23.3 Å². The summed E-state index contributed by atoms with van der Waals surface area (Å²) in [5.41, 5.74) is -0.824. The summed E-state index contributed by atoms with van der Waals surface area (Å²) < 4.78 is 64.9. The largest absolute Gasteiger partial charge is 0.312 e. The van der Waals surface area contributed by atoms with Crippen LogP contribution < -0.4 is 5.32 Å². The summed E-state index contributed by atoms with van der Waals surface area (Å²) >= 11 is 0. The maximum atomic E-state index is 13.2. The van der Waals surface area contributed by atoms with Crippen LogP contribution in [0, 0.1) is 35.0 Å². The van der Waals surface area contributed by atoms with Crippen molar-refractivity contribution in [3.8, 4) is 0 Å². The summed E-state index contributed by atoms with van der Waals surface area (Å²) in [6, 6.07) is 0. The van der Waals surface area contributed by atoms with E-state index >= 15 is 0 Å². The van der Waals surface area contributed by atoms with E-state index in [1.165, 1.54) is 0 Å². The van der Waals surface area contributed by atoms with Crippen molar-refractivity contribution in [1.29, 1.82) is 0 Å². The van der Waals surface area contributed by atoms with Gasteiger partial charge in [-0.15, -0.1) is 0 Å². The Bertz CT molecular complexity index is 402. The third kappa shape index (κ3) is 3.19. The molecule has 1 rings (SSSR count). The second-order valence-corrected chi connectivity index (χ2v) is 4.41. The van der Waals surface area contributed by atoms with Crippen molar-refractivity contribution in [1.82, 2.24) is 5.32 Å². The Morgan fingerprint density at radius 2 is 1.28 bits per heavy atom. The molecule has 102 valence electrons. The quantitative estimate of drug-likeness (QED) is 0.372. The Hall–Kier alpha value is -1.17. The SMILES string of the molecule is CC(C)CCNCc1c(F)c(F)c(F)c(F)c1F. The maximum absolute atomic E-state index is 13.2. The van der Waals surface area contributed by atoms with Crippen molar-refractivity contribution in [2.45, 2.75) is 26.8 Å². The molecule has 6 heteroatoms. The number of rotatable bonds is 5. The first-order valence-electron chi connectivity index (χ1n) is 5.57. The molecule has 0 unspecified atom stereocenters. The number of halogens is 5. The van der Waals surface area contributed by atoms with Gasteiger partial charge >= 0.3 is 0 Å². The molecule has 0 aliphatic heterocycles. The molecule has 0 bridgehead atoms. The van der Waals surface area contributed by atoms with Gasteiger partial charge in [-0.2, -0.15) is 0 Å². The fourth-order valence-corrected chi connectivity index (χ4v) is 1.41. The van der Waals surface area contributed by atoms with Crippen LogP contribution in [0.1, 0.15) is 25.8 Å². The van der Waals surface area contributed by atoms with Crippen LogP contribution in [0.5, 0.6) is 0 Å². The molecule has 0 saturated heterocycles. The van der Waals surface area contributed by atoms with Gasteiger partial charge in [-0.25, -0.2) is 22.0 Å². The maximum Gasteiger partial charge on any atom is 0.200 e. The summed E-state index contributed by atoms with van der Waals surface area (Å²) in [5, 5.41) is 2.65. The molecule has 0 heterocycles. The smallest absolute Gasteiger partial charge is 0.200 e. The summed E-state index contributed by atoms with van der Waals surface area (Å²) in [6.07, 6.45) is 0.745. The Labute approximate surface area is 102 Å². The zero-order chi connectivity index (χ0) is 13.9. The minimum atomic E-state index is -2.13. The van der Waals surface area contributed by atoms with Gasteiger partial charge in [0, 0.05) is 12.1 Å². The zero-order valence-corrected chi connectivity index (χ0v) is 10.1. The second-order valence-electron chi connectivity index (χ2n) is 4.41. The third-order valence-electron chi connectivity index (χ3n) is 2.50. The summed E-state index contributed by atoms with van der Waals surface area (Å²) in [6.45, 7) is 3.97. The van der Waals surface area contributed by atoms with Crippen molar-refractivity contribution in [2.24, 2.45) is 5.92 Å². The zero-order valence-electron chi connectivity index (χ0n) is 10.1. The molecule has 0 radical (unpaired) electrons. The number of hydrogen-bond donors (Lipinski definition) is 1. The predicted molar refractivity (Wildman–Crippen MR) is 57.4 cm³/mol. The lowest BCUT2D eigenvalue weighted by Gasteiger charge is -2.10. The first-order chi connectivity index (χ1) is 8.36. The first kappa shape index (κ1) is 14.9. The van der Waals surface area contributed by atoms with E-state index in [4.69, 9.17) is 0 Å². The topological polar surface area (TPSA) is 12.0 Å². The Kier molecular flexibility index (Phi) is 5.07. The molecule has 1 nitrogen and oxygen atoms in total. The van der Waals surface area contributed by atoms with Gasteiger partial charge in [0.25, 0.3) is 0 Å². The summed E-state index contributed by atoms with van der Waals surface area (Å²) in [5.74, 6) is -9.11. The summed E-state index contributed by atoms with van der Waals surface area (Å²) in [7, 11) is 0. The third-order valence-corrected chi connectivity index (χ3v) is 2.50. The Balaban J connectivity index is 2.83. The molecule has 0 spiro atoms. The van der Waals surface area contributed by atoms with Gasteiger partial charge in [-0.3, -0.25) is 0 Å². The van der Waals surface area contributed by atoms with Crippen LogP contribution in [0.25, 0.3) is 0 Å². The Morgan fingerprint density at radius 1 is 0.833 bits per heavy atom. The van der Waals surface area contributed by atoms with Gasteiger partial charge in [-0.1, -0.05) is 13.8 Å². The van der Waals surface area contributed by atoms with Crippen molar-refractivity contribution in [3.05, 3.63) is 34.6 Å². The van der Waals surface area contributed by atoms with Crippen LogP contribution in [0.4, 0.5) is 22.0 Å². The van der Waals surface area contributed by atoms with E-state index in [1.807, 2.05) is 13.8 Å². The number of nitrogens with one attached hydrogen (secondary N) is 1. The van der Waals surface area contributed by atoms with E-state index < -0.39 is 41.2 Å². The average Bonchev–Trinajstić information content (AvgIpc) is 2.32. The number of benzene rings is 1. The van der Waals surface area contributed by atoms with E-state index in [2.05, 4.69) is 5.32 Å². The van der Waals surface area contributed by atoms with Gasteiger partial charge in [0.1, 0.15) is 0 Å². The van der Waals surface area contributed by atoms with E-state index in [1.54, 1.807) is 0 Å². The normalized spacial score (nSPS) is 11.3. The highest BCUT2D eigenvalue weighted by Gasteiger charge is 2.25. The fourth-order valence-electron chi connectivity index (χ4n) is 1.41. The van der Waals surface area contributed by atoms with Crippen molar-refractivity contribution < 1.29 is 22.0 Å². The van der Waals surface area contributed by atoms with Crippen LogP contribution in [0.2, 0.25) is 0 Å². The molecule has 0 aliphatic rings. The van der Waals surface area contributed by atoms with Crippen molar-refractivity contribution in [2.75, 3.05) is 6.54 Å². The molecule has 1 aromatic carbocycles. The second kappa shape index (κ2) is 6.13. The fraction of sp³-hybridized carbons (Fsp3) is 0.500. The van der Waals surface area contributed by atoms with Gasteiger partial charge in [0.05, 0.1) is 0 Å². The van der Waals surface area contributed by atoms with Crippen LogP contribution in [-0.4, -0.2) is 6.54 Å². The molecule has 0 aliphatic carbocycles. The molecule has 1 aromatic rings. The molecule has 0 fully saturated rings.